The first-order valence-electron chi connectivity index (χ1n) is 10.5. The number of nitrogens with zero attached hydrogens (tertiary/aromatic N) is 2. The third-order valence-corrected chi connectivity index (χ3v) is 5.32. The average Bonchev–Trinajstić information content (AvgIpc) is 2.89. The predicted octanol–water partition coefficient (Wildman–Crippen LogP) is 7.40. The summed E-state index contributed by atoms with van der Waals surface area (Å²) in [6.07, 6.45) is 5.90. The molecule has 33 heavy (non-hydrogen) atoms. The van der Waals surface area contributed by atoms with E-state index in [1.807, 2.05) is 72.8 Å². The van der Waals surface area contributed by atoms with E-state index in [-0.39, 0.29) is 20.1 Å². The van der Waals surface area contributed by atoms with E-state index in [1.165, 1.54) is 21.5 Å². The van der Waals surface area contributed by atoms with E-state index in [9.17, 15) is 0 Å². The summed E-state index contributed by atoms with van der Waals surface area (Å²) in [5.41, 5.74) is 4.27. The first-order chi connectivity index (χ1) is 15.9. The number of hydrogen-bond donors (Lipinski definition) is 0. The fourth-order valence-corrected chi connectivity index (χ4v) is 3.76. The van der Waals surface area contributed by atoms with Crippen LogP contribution in [-0.4, -0.2) is 9.97 Å². The Hall–Kier alpha value is -3.65. The molecule has 0 radical (unpaired) electrons. The average molecular weight is 601 g/mol. The smallest absolute Gasteiger partial charge is 0.386 e. The van der Waals surface area contributed by atoms with E-state index in [1.54, 1.807) is 0 Å². The van der Waals surface area contributed by atoms with Crippen LogP contribution in [0.25, 0.3) is 44.1 Å². The Morgan fingerprint density at radius 1 is 0.424 bits per heavy atom. The van der Waals surface area contributed by atoms with Crippen LogP contribution in [-0.2, 0) is 20.1 Å². The molecule has 2 aromatic heterocycles. The summed E-state index contributed by atoms with van der Waals surface area (Å²) < 4.78 is 0. The second kappa shape index (κ2) is 10.8. The van der Waals surface area contributed by atoms with Crippen LogP contribution in [0.3, 0.4) is 0 Å². The minimum Gasteiger partial charge on any atom is -0.386 e. The van der Waals surface area contributed by atoms with Crippen LogP contribution in [0.1, 0.15) is 0 Å². The molecule has 2 heterocycles. The third-order valence-electron chi connectivity index (χ3n) is 5.32. The van der Waals surface area contributed by atoms with Gasteiger partial charge < -0.3 is 9.97 Å². The second-order valence-electron chi connectivity index (χ2n) is 7.37. The zero-order chi connectivity index (χ0) is 21.6. The maximum absolute atomic E-state index is 4.35. The van der Waals surface area contributed by atoms with Gasteiger partial charge in [0.05, 0.1) is 0 Å². The van der Waals surface area contributed by atoms with E-state index in [4.69, 9.17) is 0 Å². The van der Waals surface area contributed by atoms with Crippen molar-refractivity contribution < 1.29 is 20.1 Å². The van der Waals surface area contributed by atoms with E-state index < -0.39 is 0 Å². The van der Waals surface area contributed by atoms with Crippen molar-refractivity contribution in [2.75, 3.05) is 0 Å². The zero-order valence-corrected chi connectivity index (χ0v) is 20.2. The van der Waals surface area contributed by atoms with Crippen molar-refractivity contribution in [1.29, 1.82) is 0 Å². The van der Waals surface area contributed by atoms with Crippen molar-refractivity contribution in [3.63, 3.8) is 0 Å². The van der Waals surface area contributed by atoms with Crippen LogP contribution in [0.4, 0.5) is 0 Å². The molecular formula is C30H20IrN2+. The van der Waals surface area contributed by atoms with Crippen LogP contribution in [0.5, 0.6) is 0 Å². The number of rotatable bonds is 2. The molecule has 0 fully saturated rings. The summed E-state index contributed by atoms with van der Waals surface area (Å²) in [6.45, 7) is 0. The molecule has 6 aromatic rings. The van der Waals surface area contributed by atoms with Gasteiger partial charge in [-0.2, -0.15) is 12.1 Å². The van der Waals surface area contributed by atoms with E-state index in [0.29, 0.717) is 0 Å². The number of aromatic nitrogens is 2. The zero-order valence-electron chi connectivity index (χ0n) is 17.8. The van der Waals surface area contributed by atoms with Gasteiger partial charge in [-0.25, -0.2) is 0 Å². The molecule has 0 bridgehead atoms. The third kappa shape index (κ3) is 5.06. The fourth-order valence-electron chi connectivity index (χ4n) is 3.76. The van der Waals surface area contributed by atoms with Crippen LogP contribution < -0.4 is 0 Å². The summed E-state index contributed by atoms with van der Waals surface area (Å²) in [4.78, 5) is 8.70. The second-order valence-corrected chi connectivity index (χ2v) is 7.37. The molecule has 2 nitrogen and oxygen atoms in total. The molecule has 0 aliphatic rings. The van der Waals surface area contributed by atoms with Crippen molar-refractivity contribution in [2.45, 2.75) is 0 Å². The van der Waals surface area contributed by atoms with Gasteiger partial charge in [-0.3, -0.25) is 0 Å². The van der Waals surface area contributed by atoms with Gasteiger partial charge in [-0.15, -0.1) is 33.7 Å². The van der Waals surface area contributed by atoms with Crippen LogP contribution in [0.2, 0.25) is 0 Å². The summed E-state index contributed by atoms with van der Waals surface area (Å²) in [6, 6.07) is 40.8. The van der Waals surface area contributed by atoms with Gasteiger partial charge in [0.2, 0.25) is 0 Å². The molecule has 0 atom stereocenters. The van der Waals surface area contributed by atoms with Crippen LogP contribution in [0.15, 0.2) is 121 Å². The molecule has 158 valence electrons. The standard InChI is InChI=1S/2C15H10N.Ir/c2*1-2-7-13(8-3-1)15-14-9-5-4-6-12(14)10-11-16-15;/h2*1-10H;/q2*-1;+3. The Kier molecular flexibility index (Phi) is 7.36. The van der Waals surface area contributed by atoms with Gasteiger partial charge >= 0.3 is 20.1 Å². The quantitative estimate of drug-likeness (QED) is 0.194. The van der Waals surface area contributed by atoms with Gasteiger partial charge in [-0.05, 0) is 11.4 Å². The maximum Gasteiger partial charge on any atom is 3.00 e. The van der Waals surface area contributed by atoms with Gasteiger partial charge in [0, 0.05) is 0 Å². The monoisotopic (exact) mass is 601 g/mol. The van der Waals surface area contributed by atoms with Gasteiger partial charge in [0.1, 0.15) is 0 Å². The molecule has 3 heteroatoms. The van der Waals surface area contributed by atoms with E-state index in [0.717, 1.165) is 22.5 Å². The molecule has 0 unspecified atom stereocenters. The van der Waals surface area contributed by atoms with Crippen molar-refractivity contribution in [3.8, 4) is 22.5 Å². The summed E-state index contributed by atoms with van der Waals surface area (Å²) in [5.74, 6) is 0. The number of hydrogen-bond acceptors (Lipinski definition) is 2. The largest absolute Gasteiger partial charge is 3.00 e. The van der Waals surface area contributed by atoms with Gasteiger partial charge in [-0.1, -0.05) is 121 Å². The number of benzene rings is 4. The molecular weight excluding hydrogens is 581 g/mol. The first-order valence-corrected chi connectivity index (χ1v) is 10.5. The Morgan fingerprint density at radius 3 is 1.21 bits per heavy atom. The normalized spacial score (nSPS) is 10.2. The van der Waals surface area contributed by atoms with Gasteiger partial charge in [0.15, 0.2) is 0 Å². The van der Waals surface area contributed by atoms with Crippen molar-refractivity contribution in [1.82, 2.24) is 9.97 Å². The minimum atomic E-state index is 0. The Balaban J connectivity index is 0.000000152. The fraction of sp³-hybridized carbons (Fsp3) is 0. The Bertz CT molecular complexity index is 1340. The van der Waals surface area contributed by atoms with Crippen molar-refractivity contribution >= 4 is 21.5 Å². The molecule has 6 rings (SSSR count). The topological polar surface area (TPSA) is 25.8 Å². The number of pyridine rings is 2. The molecule has 0 saturated heterocycles. The van der Waals surface area contributed by atoms with E-state index >= 15 is 0 Å². The Labute approximate surface area is 207 Å². The van der Waals surface area contributed by atoms with Crippen LogP contribution >= 0.6 is 0 Å². The molecule has 0 saturated carbocycles. The molecule has 0 aliphatic heterocycles. The van der Waals surface area contributed by atoms with Crippen molar-refractivity contribution in [3.05, 3.63) is 134 Å². The molecule has 0 amide bonds. The first kappa shape index (κ1) is 22.5. The summed E-state index contributed by atoms with van der Waals surface area (Å²) in [5, 5.41) is 4.70. The SMILES string of the molecule is [Ir+3].[c-]1cc2ccccc2c(-c2ccccc2)n1.[c-]1cc2ccccc2c(-c2ccccc2)n1. The van der Waals surface area contributed by atoms with Crippen molar-refractivity contribution in [2.24, 2.45) is 0 Å². The Morgan fingerprint density at radius 2 is 0.788 bits per heavy atom. The van der Waals surface area contributed by atoms with Gasteiger partial charge in [0.25, 0.3) is 0 Å². The maximum atomic E-state index is 4.35. The molecule has 0 aliphatic carbocycles. The number of fused-ring (bicyclic) bond motifs is 2. The molecule has 4 aromatic carbocycles. The molecule has 0 spiro atoms. The summed E-state index contributed by atoms with van der Waals surface area (Å²) >= 11 is 0. The van der Waals surface area contributed by atoms with Crippen LogP contribution in [0, 0.1) is 12.4 Å². The minimum absolute atomic E-state index is 0. The predicted molar refractivity (Wildman–Crippen MR) is 132 cm³/mol. The summed E-state index contributed by atoms with van der Waals surface area (Å²) in [7, 11) is 0. The molecule has 0 N–H and O–H groups in total. The van der Waals surface area contributed by atoms with E-state index in [2.05, 4.69) is 70.9 Å².